The molecule has 6 heteroatoms. The van der Waals surface area contributed by atoms with Crippen LogP contribution >= 0.6 is 0 Å². The molecule has 134 valence electrons. The fourth-order valence-corrected chi connectivity index (χ4v) is 3.06. The summed E-state index contributed by atoms with van der Waals surface area (Å²) in [7, 11) is 1.38. The number of hydrogen-bond acceptors (Lipinski definition) is 3. The second-order valence-corrected chi connectivity index (χ2v) is 7.08. The van der Waals surface area contributed by atoms with E-state index in [0.29, 0.717) is 0 Å². The molecule has 0 radical (unpaired) electrons. The highest BCUT2D eigenvalue weighted by Gasteiger charge is 2.24. The zero-order chi connectivity index (χ0) is 18.6. The average Bonchev–Trinajstić information content (AvgIpc) is 2.55. The second kappa shape index (κ2) is 7.51. The Kier molecular flexibility index (Phi) is 5.62. The van der Waals surface area contributed by atoms with Crippen molar-refractivity contribution in [1.29, 1.82) is 0 Å². The number of rotatable bonds is 6. The highest BCUT2D eigenvalue weighted by atomic mass is 16.2. The first-order valence-electron chi connectivity index (χ1n) is 8.33. The molecule has 0 unspecified atom stereocenters. The van der Waals surface area contributed by atoms with Crippen LogP contribution in [0.3, 0.4) is 0 Å². The van der Waals surface area contributed by atoms with Crippen LogP contribution in [0.4, 0.5) is 0 Å². The molecule has 0 saturated carbocycles. The summed E-state index contributed by atoms with van der Waals surface area (Å²) in [4.78, 5) is 38.0. The van der Waals surface area contributed by atoms with Crippen LogP contribution in [0.15, 0.2) is 46.1 Å². The van der Waals surface area contributed by atoms with Gasteiger partial charge in [0.25, 0.3) is 5.56 Å². The third kappa shape index (κ3) is 4.68. The number of H-pyrrole nitrogens is 1. The quantitative estimate of drug-likeness (QED) is 0.833. The summed E-state index contributed by atoms with van der Waals surface area (Å²) in [5, 5.41) is 2.94. The van der Waals surface area contributed by atoms with Crippen molar-refractivity contribution >= 4 is 5.91 Å². The molecule has 0 aliphatic carbocycles. The molecule has 25 heavy (non-hydrogen) atoms. The van der Waals surface area contributed by atoms with Crippen molar-refractivity contribution in [2.24, 2.45) is 7.05 Å². The van der Waals surface area contributed by atoms with E-state index >= 15 is 0 Å². The van der Waals surface area contributed by atoms with Crippen LogP contribution in [0.5, 0.6) is 0 Å². The first-order chi connectivity index (χ1) is 11.7. The molecular weight excluding hydrogens is 318 g/mol. The number of carbonyl (C=O) groups excluding carboxylic acids is 1. The van der Waals surface area contributed by atoms with Crippen molar-refractivity contribution < 1.29 is 4.79 Å². The van der Waals surface area contributed by atoms with Crippen molar-refractivity contribution in [3.63, 3.8) is 0 Å². The SMILES string of the molecule is C[C@H](CC(C)(C)c1ccccc1)NC(=O)Cc1c[nH]c(=O)n(C)c1=O. The minimum atomic E-state index is -0.493. The monoisotopic (exact) mass is 343 g/mol. The molecule has 1 heterocycles. The zero-order valence-electron chi connectivity index (χ0n) is 15.1. The van der Waals surface area contributed by atoms with E-state index in [1.54, 1.807) is 0 Å². The molecular formula is C19H25N3O3. The minimum absolute atomic E-state index is 0.0469. The van der Waals surface area contributed by atoms with Crippen LogP contribution in [0.2, 0.25) is 0 Å². The third-order valence-corrected chi connectivity index (χ3v) is 4.38. The van der Waals surface area contributed by atoms with E-state index in [1.807, 2.05) is 25.1 Å². The van der Waals surface area contributed by atoms with Gasteiger partial charge < -0.3 is 10.3 Å². The maximum atomic E-state index is 12.2. The molecule has 1 atom stereocenters. The Balaban J connectivity index is 2.00. The summed E-state index contributed by atoms with van der Waals surface area (Å²) < 4.78 is 0.963. The Morgan fingerprint density at radius 1 is 1.24 bits per heavy atom. The number of nitrogens with zero attached hydrogens (tertiary/aromatic N) is 1. The van der Waals surface area contributed by atoms with E-state index < -0.39 is 11.2 Å². The third-order valence-electron chi connectivity index (χ3n) is 4.38. The lowest BCUT2D eigenvalue weighted by Gasteiger charge is -2.29. The first kappa shape index (κ1) is 18.7. The molecule has 0 bridgehead atoms. The molecule has 0 spiro atoms. The second-order valence-electron chi connectivity index (χ2n) is 7.08. The van der Waals surface area contributed by atoms with Gasteiger partial charge in [-0.2, -0.15) is 0 Å². The normalized spacial score (nSPS) is 12.6. The molecule has 1 amide bonds. The molecule has 0 aliphatic heterocycles. The first-order valence-corrected chi connectivity index (χ1v) is 8.33. The molecule has 0 saturated heterocycles. The fraction of sp³-hybridized carbons (Fsp3) is 0.421. The topological polar surface area (TPSA) is 84.0 Å². The number of hydrogen-bond donors (Lipinski definition) is 2. The Hall–Kier alpha value is -2.63. The van der Waals surface area contributed by atoms with Gasteiger partial charge in [0.2, 0.25) is 5.91 Å². The average molecular weight is 343 g/mol. The maximum Gasteiger partial charge on any atom is 0.328 e. The van der Waals surface area contributed by atoms with E-state index in [0.717, 1.165) is 11.0 Å². The van der Waals surface area contributed by atoms with Crippen LogP contribution < -0.4 is 16.6 Å². The Morgan fingerprint density at radius 3 is 2.52 bits per heavy atom. The van der Waals surface area contributed by atoms with Gasteiger partial charge in [0.05, 0.1) is 6.42 Å². The summed E-state index contributed by atoms with van der Waals surface area (Å²) in [5.74, 6) is -0.236. The van der Waals surface area contributed by atoms with Gasteiger partial charge in [-0.15, -0.1) is 0 Å². The summed E-state index contributed by atoms with van der Waals surface area (Å²) in [6.45, 7) is 6.24. The van der Waals surface area contributed by atoms with Crippen molar-refractivity contribution in [2.45, 2.75) is 45.1 Å². The van der Waals surface area contributed by atoms with E-state index in [-0.39, 0.29) is 29.3 Å². The minimum Gasteiger partial charge on any atom is -0.353 e. The molecule has 0 aliphatic rings. The largest absolute Gasteiger partial charge is 0.353 e. The van der Waals surface area contributed by atoms with Gasteiger partial charge in [-0.3, -0.25) is 14.2 Å². The summed E-state index contributed by atoms with van der Waals surface area (Å²) >= 11 is 0. The smallest absolute Gasteiger partial charge is 0.328 e. The van der Waals surface area contributed by atoms with Crippen molar-refractivity contribution in [2.75, 3.05) is 0 Å². The molecule has 1 aromatic carbocycles. The molecule has 2 aromatic rings. The number of aromatic nitrogens is 2. The van der Waals surface area contributed by atoms with Crippen molar-refractivity contribution in [3.8, 4) is 0 Å². The van der Waals surface area contributed by atoms with Crippen LogP contribution in [0.1, 0.15) is 38.3 Å². The molecule has 2 rings (SSSR count). The lowest BCUT2D eigenvalue weighted by atomic mass is 9.79. The number of amides is 1. The van der Waals surface area contributed by atoms with Gasteiger partial charge in [0, 0.05) is 24.8 Å². The van der Waals surface area contributed by atoms with Crippen molar-refractivity contribution in [1.82, 2.24) is 14.9 Å². The van der Waals surface area contributed by atoms with Gasteiger partial charge in [0.15, 0.2) is 0 Å². The summed E-state index contributed by atoms with van der Waals surface area (Å²) in [6, 6.07) is 10.1. The van der Waals surface area contributed by atoms with Gasteiger partial charge in [-0.25, -0.2) is 4.79 Å². The number of aromatic amines is 1. The lowest BCUT2D eigenvalue weighted by molar-refractivity contribution is -0.121. The standard InChI is InChI=1S/C19H25N3O3/c1-13(11-19(2,3)15-8-6-5-7-9-15)21-16(23)10-14-12-20-18(25)22(4)17(14)24/h5-9,12-13H,10-11H2,1-4H3,(H,20,25)(H,21,23)/t13-/m1/s1. The van der Waals surface area contributed by atoms with Gasteiger partial charge in [-0.1, -0.05) is 44.2 Å². The van der Waals surface area contributed by atoms with E-state index in [2.05, 4.69) is 36.3 Å². The van der Waals surface area contributed by atoms with E-state index in [4.69, 9.17) is 0 Å². The Bertz CT molecular complexity index is 850. The zero-order valence-corrected chi connectivity index (χ0v) is 15.1. The Labute approximate surface area is 146 Å². The van der Waals surface area contributed by atoms with Crippen molar-refractivity contribution in [3.05, 3.63) is 68.5 Å². The predicted molar refractivity (Wildman–Crippen MR) is 97.7 cm³/mol. The number of nitrogens with one attached hydrogen (secondary N) is 2. The molecule has 2 N–H and O–H groups in total. The lowest BCUT2D eigenvalue weighted by Crippen LogP contribution is -2.40. The molecule has 0 fully saturated rings. The van der Waals surface area contributed by atoms with Crippen LogP contribution in [-0.2, 0) is 23.7 Å². The van der Waals surface area contributed by atoms with E-state index in [1.165, 1.54) is 18.8 Å². The van der Waals surface area contributed by atoms with Crippen LogP contribution in [-0.4, -0.2) is 21.5 Å². The number of benzene rings is 1. The highest BCUT2D eigenvalue weighted by Crippen LogP contribution is 2.28. The summed E-state index contributed by atoms with van der Waals surface area (Å²) in [6.07, 6.45) is 2.02. The molecule has 6 nitrogen and oxygen atoms in total. The van der Waals surface area contributed by atoms with E-state index in [9.17, 15) is 14.4 Å². The summed E-state index contributed by atoms with van der Waals surface area (Å²) in [5.41, 5.74) is 0.463. The fourth-order valence-electron chi connectivity index (χ4n) is 3.06. The van der Waals surface area contributed by atoms with Crippen LogP contribution in [0, 0.1) is 0 Å². The Morgan fingerprint density at radius 2 is 1.88 bits per heavy atom. The van der Waals surface area contributed by atoms with Crippen LogP contribution in [0.25, 0.3) is 0 Å². The predicted octanol–water partition coefficient (Wildman–Crippen LogP) is 1.49. The number of carbonyl (C=O) groups is 1. The molecule has 1 aromatic heterocycles. The maximum absolute atomic E-state index is 12.2. The van der Waals surface area contributed by atoms with Gasteiger partial charge >= 0.3 is 5.69 Å². The van der Waals surface area contributed by atoms with Gasteiger partial charge in [0.1, 0.15) is 0 Å². The highest BCUT2D eigenvalue weighted by molar-refractivity contribution is 5.78. The van der Waals surface area contributed by atoms with Gasteiger partial charge in [-0.05, 0) is 24.3 Å².